The van der Waals surface area contributed by atoms with Crippen LogP contribution in [0, 0.1) is 0 Å². The quantitative estimate of drug-likeness (QED) is 0.799. The number of rotatable bonds is 4. The van der Waals surface area contributed by atoms with E-state index >= 15 is 0 Å². The van der Waals surface area contributed by atoms with Crippen LogP contribution in [0.1, 0.15) is 37.3 Å². The van der Waals surface area contributed by atoms with E-state index < -0.39 is 0 Å². The fourth-order valence-corrected chi connectivity index (χ4v) is 2.72. The number of ether oxygens (including phenoxy) is 2. The highest BCUT2D eigenvalue weighted by Crippen LogP contribution is 2.46. The van der Waals surface area contributed by atoms with E-state index in [9.17, 15) is 4.79 Å². The van der Waals surface area contributed by atoms with Gasteiger partial charge in [-0.1, -0.05) is 13.8 Å². The molecule has 0 radical (unpaired) electrons. The van der Waals surface area contributed by atoms with Gasteiger partial charge in [0.1, 0.15) is 6.29 Å². The summed E-state index contributed by atoms with van der Waals surface area (Å²) in [5.41, 5.74) is 2.31. The summed E-state index contributed by atoms with van der Waals surface area (Å²) in [7, 11) is 0. The summed E-state index contributed by atoms with van der Waals surface area (Å²) in [6.45, 7) is 4.51. The zero-order chi connectivity index (χ0) is 12.4. The summed E-state index contributed by atoms with van der Waals surface area (Å²) in [5.74, 6) is 1.96. The molecule has 0 fully saturated rings. The Morgan fingerprint density at radius 2 is 2.12 bits per heavy atom. The second-order valence-corrected chi connectivity index (χ2v) is 5.21. The maximum atomic E-state index is 10.5. The average molecular weight is 299 g/mol. The molecule has 1 aromatic carbocycles. The Morgan fingerprint density at radius 1 is 1.41 bits per heavy atom. The number of halogens is 1. The van der Waals surface area contributed by atoms with E-state index in [2.05, 4.69) is 29.8 Å². The predicted molar refractivity (Wildman–Crippen MR) is 68.7 cm³/mol. The zero-order valence-electron chi connectivity index (χ0n) is 9.96. The van der Waals surface area contributed by atoms with Crippen LogP contribution in [0.15, 0.2) is 10.5 Å². The summed E-state index contributed by atoms with van der Waals surface area (Å²) in [5, 5.41) is 0. The van der Waals surface area contributed by atoms with Crippen LogP contribution in [0.25, 0.3) is 0 Å². The van der Waals surface area contributed by atoms with Crippen molar-refractivity contribution in [3.05, 3.63) is 21.7 Å². The third kappa shape index (κ3) is 2.32. The molecule has 0 atom stereocenters. The lowest BCUT2D eigenvalue weighted by Gasteiger charge is -2.16. The highest BCUT2D eigenvalue weighted by atomic mass is 79.9. The van der Waals surface area contributed by atoms with Crippen LogP contribution in [0.3, 0.4) is 0 Å². The van der Waals surface area contributed by atoms with Gasteiger partial charge in [0.25, 0.3) is 0 Å². The van der Waals surface area contributed by atoms with E-state index in [1.165, 1.54) is 0 Å². The molecule has 0 saturated carbocycles. The molecule has 2 rings (SSSR count). The second kappa shape index (κ2) is 5.08. The molecule has 1 aliphatic rings. The summed E-state index contributed by atoms with van der Waals surface area (Å²) in [4.78, 5) is 10.5. The highest BCUT2D eigenvalue weighted by Gasteiger charge is 2.25. The van der Waals surface area contributed by atoms with Crippen molar-refractivity contribution in [3.63, 3.8) is 0 Å². The molecule has 0 amide bonds. The topological polar surface area (TPSA) is 35.5 Å². The van der Waals surface area contributed by atoms with Crippen molar-refractivity contribution < 1.29 is 14.3 Å². The van der Waals surface area contributed by atoms with Gasteiger partial charge in [-0.25, -0.2) is 0 Å². The fraction of sp³-hybridized carbons (Fsp3) is 0.462. The smallest absolute Gasteiger partial charge is 0.231 e. The third-order valence-corrected chi connectivity index (χ3v) is 3.42. The number of carbonyl (C=O) groups excluding carboxylic acids is 1. The molecule has 0 saturated heterocycles. The first-order valence-corrected chi connectivity index (χ1v) is 6.49. The van der Waals surface area contributed by atoms with E-state index in [1.807, 2.05) is 6.07 Å². The van der Waals surface area contributed by atoms with Crippen LogP contribution in [0.5, 0.6) is 11.5 Å². The monoisotopic (exact) mass is 298 g/mol. The van der Waals surface area contributed by atoms with Crippen LogP contribution in [-0.2, 0) is 11.2 Å². The summed E-state index contributed by atoms with van der Waals surface area (Å²) >= 11 is 3.48. The lowest BCUT2D eigenvalue weighted by atomic mass is 9.93. The standard InChI is InChI=1S/C13H15BrO3/c1-8(2)11-9(4-3-5-15)6-10(14)12-13(11)17-7-16-12/h5-6,8H,3-4,7H2,1-2H3. The van der Waals surface area contributed by atoms with Crippen LogP contribution >= 0.6 is 15.9 Å². The first kappa shape index (κ1) is 12.4. The Hall–Kier alpha value is -1.03. The van der Waals surface area contributed by atoms with Gasteiger partial charge in [-0.05, 0) is 39.9 Å². The molecule has 4 heteroatoms. The van der Waals surface area contributed by atoms with Crippen LogP contribution in [0.4, 0.5) is 0 Å². The molecule has 0 aromatic heterocycles. The minimum Gasteiger partial charge on any atom is -0.453 e. The van der Waals surface area contributed by atoms with Crippen molar-refractivity contribution in [2.45, 2.75) is 32.6 Å². The Bertz CT molecular complexity index is 441. The SMILES string of the molecule is CC(C)c1c(CCC=O)cc(Br)c2c1OCO2. The van der Waals surface area contributed by atoms with Gasteiger partial charge in [-0.15, -0.1) is 0 Å². The average Bonchev–Trinajstić information content (AvgIpc) is 2.74. The van der Waals surface area contributed by atoms with Crippen LogP contribution in [0.2, 0.25) is 0 Å². The lowest BCUT2D eigenvalue weighted by molar-refractivity contribution is -0.107. The number of hydrogen-bond donors (Lipinski definition) is 0. The molecule has 1 aliphatic heterocycles. The maximum absolute atomic E-state index is 10.5. The van der Waals surface area contributed by atoms with Crippen molar-refractivity contribution in [2.24, 2.45) is 0 Å². The fourth-order valence-electron chi connectivity index (χ4n) is 2.15. The molecular weight excluding hydrogens is 284 g/mol. The van der Waals surface area contributed by atoms with Crippen LogP contribution in [-0.4, -0.2) is 13.1 Å². The summed E-state index contributed by atoms with van der Waals surface area (Å²) in [6, 6.07) is 2.03. The number of hydrogen-bond acceptors (Lipinski definition) is 3. The van der Waals surface area contributed by atoms with Crippen molar-refractivity contribution in [3.8, 4) is 11.5 Å². The molecule has 1 aromatic rings. The molecule has 0 aliphatic carbocycles. The van der Waals surface area contributed by atoms with Crippen molar-refractivity contribution >= 4 is 22.2 Å². The van der Waals surface area contributed by atoms with E-state index in [0.717, 1.165) is 39.8 Å². The predicted octanol–water partition coefficient (Wildman–Crippen LogP) is 3.43. The molecule has 17 heavy (non-hydrogen) atoms. The zero-order valence-corrected chi connectivity index (χ0v) is 11.5. The van der Waals surface area contributed by atoms with Gasteiger partial charge in [0.15, 0.2) is 11.5 Å². The summed E-state index contributed by atoms with van der Waals surface area (Å²) < 4.78 is 11.9. The first-order valence-electron chi connectivity index (χ1n) is 5.69. The number of carbonyl (C=O) groups is 1. The van der Waals surface area contributed by atoms with Crippen molar-refractivity contribution in [1.82, 2.24) is 0 Å². The molecule has 92 valence electrons. The largest absolute Gasteiger partial charge is 0.453 e. The third-order valence-electron chi connectivity index (χ3n) is 2.83. The molecular formula is C13H15BrO3. The van der Waals surface area contributed by atoms with Gasteiger partial charge in [0.2, 0.25) is 6.79 Å². The summed E-state index contributed by atoms with van der Waals surface area (Å²) in [6.07, 6.45) is 2.22. The van der Waals surface area contributed by atoms with Gasteiger partial charge >= 0.3 is 0 Å². The van der Waals surface area contributed by atoms with Gasteiger partial charge in [0.05, 0.1) is 4.47 Å². The minimum atomic E-state index is 0.269. The molecule has 0 unspecified atom stereocenters. The first-order chi connectivity index (χ1) is 8.15. The van der Waals surface area contributed by atoms with E-state index in [4.69, 9.17) is 9.47 Å². The lowest BCUT2D eigenvalue weighted by Crippen LogP contribution is -2.00. The van der Waals surface area contributed by atoms with Crippen molar-refractivity contribution in [2.75, 3.05) is 6.79 Å². The highest BCUT2D eigenvalue weighted by molar-refractivity contribution is 9.10. The van der Waals surface area contributed by atoms with Crippen molar-refractivity contribution in [1.29, 1.82) is 0 Å². The molecule has 1 heterocycles. The van der Waals surface area contributed by atoms with E-state index in [0.29, 0.717) is 12.3 Å². The van der Waals surface area contributed by atoms with E-state index in [-0.39, 0.29) is 6.79 Å². The van der Waals surface area contributed by atoms with Gasteiger partial charge in [0, 0.05) is 12.0 Å². The van der Waals surface area contributed by atoms with Gasteiger partial charge in [-0.3, -0.25) is 0 Å². The Balaban J connectivity index is 2.50. The molecule has 0 bridgehead atoms. The normalized spacial score (nSPS) is 13.2. The second-order valence-electron chi connectivity index (χ2n) is 4.36. The van der Waals surface area contributed by atoms with E-state index in [1.54, 1.807) is 0 Å². The number of fused-ring (bicyclic) bond motifs is 1. The Labute approximate surface area is 109 Å². The Morgan fingerprint density at radius 3 is 2.76 bits per heavy atom. The number of aryl methyl sites for hydroxylation is 1. The number of aldehydes is 1. The molecule has 0 spiro atoms. The Kier molecular flexibility index (Phi) is 3.72. The van der Waals surface area contributed by atoms with Crippen LogP contribution < -0.4 is 9.47 Å². The number of benzene rings is 1. The van der Waals surface area contributed by atoms with Gasteiger partial charge in [-0.2, -0.15) is 0 Å². The van der Waals surface area contributed by atoms with Gasteiger partial charge < -0.3 is 14.3 Å². The molecule has 3 nitrogen and oxygen atoms in total. The minimum absolute atomic E-state index is 0.269. The maximum Gasteiger partial charge on any atom is 0.231 e. The molecule has 0 N–H and O–H groups in total.